The van der Waals surface area contributed by atoms with Crippen LogP contribution in [0.4, 0.5) is 5.82 Å². The number of phenolic OH excluding ortho intramolecular Hbond substituents is 2. The zero-order valence-electron chi connectivity index (χ0n) is 14.8. The number of phenols is 2. The molecule has 1 aromatic heterocycles. The summed E-state index contributed by atoms with van der Waals surface area (Å²) in [6, 6.07) is 7.10. The first kappa shape index (κ1) is 19.7. The van der Waals surface area contributed by atoms with E-state index < -0.39 is 10.0 Å². The molecule has 1 heterocycles. The van der Waals surface area contributed by atoms with E-state index in [0.29, 0.717) is 30.2 Å². The number of rotatable bonds is 7. The molecule has 1 aromatic carbocycles. The molecule has 0 aliphatic rings. The summed E-state index contributed by atoms with van der Waals surface area (Å²) in [5.74, 6) is 0.346. The third-order valence-corrected chi connectivity index (χ3v) is 5.82. The van der Waals surface area contributed by atoms with Gasteiger partial charge in [-0.05, 0) is 37.3 Å². The van der Waals surface area contributed by atoms with Gasteiger partial charge in [-0.2, -0.15) is 9.41 Å². The number of pyridine rings is 1. The quantitative estimate of drug-likeness (QED) is 0.387. The van der Waals surface area contributed by atoms with Gasteiger partial charge in [0.05, 0.1) is 5.71 Å². The Morgan fingerprint density at radius 1 is 1.19 bits per heavy atom. The smallest absolute Gasteiger partial charge is 0.244 e. The van der Waals surface area contributed by atoms with E-state index in [1.54, 1.807) is 20.8 Å². The monoisotopic (exact) mass is 378 g/mol. The van der Waals surface area contributed by atoms with E-state index in [-0.39, 0.29) is 16.4 Å². The number of anilines is 1. The molecule has 0 aliphatic heterocycles. The zero-order valence-corrected chi connectivity index (χ0v) is 15.7. The average molecular weight is 378 g/mol. The molecule has 0 bridgehead atoms. The molecule has 0 radical (unpaired) electrons. The number of sulfonamides is 1. The third-order valence-electron chi connectivity index (χ3n) is 3.79. The topological polar surface area (TPSA) is 115 Å². The Balaban J connectivity index is 2.18. The molecule has 0 unspecified atom stereocenters. The van der Waals surface area contributed by atoms with Gasteiger partial charge in [0.2, 0.25) is 10.0 Å². The molecule has 0 spiro atoms. The highest BCUT2D eigenvalue weighted by molar-refractivity contribution is 7.89. The van der Waals surface area contributed by atoms with E-state index in [9.17, 15) is 18.6 Å². The van der Waals surface area contributed by atoms with Gasteiger partial charge in [-0.25, -0.2) is 13.4 Å². The minimum Gasteiger partial charge on any atom is -0.508 e. The summed E-state index contributed by atoms with van der Waals surface area (Å²) in [7, 11) is -3.56. The van der Waals surface area contributed by atoms with Gasteiger partial charge in [-0.15, -0.1) is 0 Å². The molecule has 0 saturated heterocycles. The second-order valence-corrected chi connectivity index (χ2v) is 7.42. The third kappa shape index (κ3) is 4.30. The van der Waals surface area contributed by atoms with Crippen LogP contribution in [0.25, 0.3) is 0 Å². The van der Waals surface area contributed by atoms with E-state index in [4.69, 9.17) is 0 Å². The molecule has 2 aromatic rings. The molecule has 2 rings (SSSR count). The van der Waals surface area contributed by atoms with Crippen LogP contribution in [0.3, 0.4) is 0 Å². The molecule has 3 N–H and O–H groups in total. The lowest BCUT2D eigenvalue weighted by Crippen LogP contribution is -2.30. The standard InChI is InChI=1S/C17H22N4O4S/c1-4-21(5-2)26(24,25)14-7-9-17(18-11-14)20-19-12(3)15-10-13(22)6-8-16(15)23/h6-11,22-23H,4-5H2,1-3H3,(H,18,20)/b19-12+. The number of hydrogen-bond acceptors (Lipinski definition) is 7. The maximum Gasteiger partial charge on any atom is 0.244 e. The van der Waals surface area contributed by atoms with Crippen molar-refractivity contribution in [1.82, 2.24) is 9.29 Å². The maximum atomic E-state index is 12.4. The summed E-state index contributed by atoms with van der Waals surface area (Å²) in [5, 5.41) is 23.4. The molecule has 0 fully saturated rings. The highest BCUT2D eigenvalue weighted by Gasteiger charge is 2.21. The fourth-order valence-electron chi connectivity index (χ4n) is 2.33. The normalized spacial score (nSPS) is 12.4. The SMILES string of the molecule is CCN(CC)S(=O)(=O)c1ccc(N/N=C(\C)c2cc(O)ccc2O)nc1. The summed E-state index contributed by atoms with van der Waals surface area (Å²) in [5.41, 5.74) is 3.51. The molecule has 140 valence electrons. The first-order valence-electron chi connectivity index (χ1n) is 8.08. The van der Waals surface area contributed by atoms with Crippen LogP contribution in [0, 0.1) is 0 Å². The van der Waals surface area contributed by atoms with E-state index in [0.717, 1.165) is 0 Å². The van der Waals surface area contributed by atoms with Crippen molar-refractivity contribution >= 4 is 21.6 Å². The summed E-state index contributed by atoms with van der Waals surface area (Å²) >= 11 is 0. The Morgan fingerprint density at radius 2 is 1.88 bits per heavy atom. The second-order valence-electron chi connectivity index (χ2n) is 5.48. The second kappa shape index (κ2) is 8.15. The van der Waals surface area contributed by atoms with Crippen molar-refractivity contribution in [2.75, 3.05) is 18.5 Å². The van der Waals surface area contributed by atoms with E-state index >= 15 is 0 Å². The maximum absolute atomic E-state index is 12.4. The molecule has 0 aliphatic carbocycles. The van der Waals surface area contributed by atoms with Gasteiger partial charge in [-0.1, -0.05) is 13.8 Å². The number of aromatic hydroxyl groups is 2. The summed E-state index contributed by atoms with van der Waals surface area (Å²) in [4.78, 5) is 4.17. The Kier molecular flexibility index (Phi) is 6.17. The molecular formula is C17H22N4O4S. The summed E-state index contributed by atoms with van der Waals surface area (Å²) in [6.45, 7) is 5.98. The largest absolute Gasteiger partial charge is 0.508 e. The number of hydrazone groups is 1. The van der Waals surface area contributed by atoms with Crippen molar-refractivity contribution in [3.05, 3.63) is 42.1 Å². The average Bonchev–Trinajstić information content (AvgIpc) is 2.63. The van der Waals surface area contributed by atoms with Crippen LogP contribution >= 0.6 is 0 Å². The molecule has 0 amide bonds. The van der Waals surface area contributed by atoms with Crippen LogP contribution in [-0.4, -0.2) is 46.7 Å². The Labute approximate surface area is 152 Å². The minimum absolute atomic E-state index is 0.0106. The van der Waals surface area contributed by atoms with Crippen molar-refractivity contribution in [3.63, 3.8) is 0 Å². The van der Waals surface area contributed by atoms with Crippen molar-refractivity contribution < 1.29 is 18.6 Å². The van der Waals surface area contributed by atoms with Gasteiger partial charge in [0.1, 0.15) is 22.2 Å². The molecule has 26 heavy (non-hydrogen) atoms. The van der Waals surface area contributed by atoms with Crippen molar-refractivity contribution in [1.29, 1.82) is 0 Å². The molecule has 8 nitrogen and oxygen atoms in total. The fourth-order valence-corrected chi connectivity index (χ4v) is 3.73. The lowest BCUT2D eigenvalue weighted by atomic mass is 10.1. The van der Waals surface area contributed by atoms with Crippen molar-refractivity contribution in [2.45, 2.75) is 25.7 Å². The van der Waals surface area contributed by atoms with Gasteiger partial charge in [0, 0.05) is 24.8 Å². The number of benzene rings is 1. The van der Waals surface area contributed by atoms with E-state index in [1.807, 2.05) is 0 Å². The predicted molar refractivity (Wildman–Crippen MR) is 99.9 cm³/mol. The fraction of sp³-hybridized carbons (Fsp3) is 0.294. The van der Waals surface area contributed by atoms with Gasteiger partial charge in [0.15, 0.2) is 0 Å². The lowest BCUT2D eigenvalue weighted by molar-refractivity contribution is 0.445. The van der Waals surface area contributed by atoms with Crippen LogP contribution < -0.4 is 5.43 Å². The summed E-state index contributed by atoms with van der Waals surface area (Å²) in [6.07, 6.45) is 1.27. The molecule has 0 saturated carbocycles. The van der Waals surface area contributed by atoms with Gasteiger partial charge in [0.25, 0.3) is 0 Å². The molecular weight excluding hydrogens is 356 g/mol. The van der Waals surface area contributed by atoms with Gasteiger partial charge in [-0.3, -0.25) is 5.43 Å². The lowest BCUT2D eigenvalue weighted by Gasteiger charge is -2.18. The molecule has 9 heteroatoms. The van der Waals surface area contributed by atoms with Crippen LogP contribution in [-0.2, 0) is 10.0 Å². The van der Waals surface area contributed by atoms with Crippen molar-refractivity contribution in [2.24, 2.45) is 5.10 Å². The van der Waals surface area contributed by atoms with Gasteiger partial charge >= 0.3 is 0 Å². The van der Waals surface area contributed by atoms with Crippen LogP contribution in [0.2, 0.25) is 0 Å². The van der Waals surface area contributed by atoms with Crippen molar-refractivity contribution in [3.8, 4) is 11.5 Å². The summed E-state index contributed by atoms with van der Waals surface area (Å²) < 4.78 is 26.2. The Bertz CT molecular complexity index is 891. The predicted octanol–water partition coefficient (Wildman–Crippen LogP) is 2.36. The number of nitrogens with zero attached hydrogens (tertiary/aromatic N) is 3. The minimum atomic E-state index is -3.56. The Hall–Kier alpha value is -2.65. The zero-order chi connectivity index (χ0) is 19.3. The Morgan fingerprint density at radius 3 is 2.46 bits per heavy atom. The number of aromatic nitrogens is 1. The van der Waals surface area contributed by atoms with Crippen LogP contribution in [0.1, 0.15) is 26.3 Å². The first-order valence-corrected chi connectivity index (χ1v) is 9.52. The van der Waals surface area contributed by atoms with Gasteiger partial charge < -0.3 is 10.2 Å². The number of nitrogens with one attached hydrogen (secondary N) is 1. The van der Waals surface area contributed by atoms with E-state index in [2.05, 4.69) is 15.5 Å². The molecule has 0 atom stereocenters. The van der Waals surface area contributed by atoms with Crippen LogP contribution in [0.5, 0.6) is 11.5 Å². The first-order chi connectivity index (χ1) is 12.3. The van der Waals surface area contributed by atoms with Crippen LogP contribution in [0.15, 0.2) is 46.5 Å². The van der Waals surface area contributed by atoms with E-state index in [1.165, 1.54) is 40.8 Å². The highest BCUT2D eigenvalue weighted by atomic mass is 32.2. The highest BCUT2D eigenvalue weighted by Crippen LogP contribution is 2.23. The number of hydrogen-bond donors (Lipinski definition) is 3.